The van der Waals surface area contributed by atoms with E-state index in [0.29, 0.717) is 13.1 Å². The lowest BCUT2D eigenvalue weighted by molar-refractivity contribution is -0.121. The van der Waals surface area contributed by atoms with Crippen LogP contribution in [-0.2, 0) is 11.2 Å². The van der Waals surface area contributed by atoms with E-state index in [4.69, 9.17) is 0 Å². The van der Waals surface area contributed by atoms with Gasteiger partial charge in [0.25, 0.3) is 0 Å². The molecule has 1 aliphatic heterocycles. The van der Waals surface area contributed by atoms with Crippen LogP contribution in [0.1, 0.15) is 17.2 Å². The van der Waals surface area contributed by atoms with Crippen LogP contribution in [0.2, 0.25) is 0 Å². The van der Waals surface area contributed by atoms with Crippen LogP contribution in [0.3, 0.4) is 0 Å². The molecule has 18 heavy (non-hydrogen) atoms. The van der Waals surface area contributed by atoms with Crippen molar-refractivity contribution in [1.29, 1.82) is 0 Å². The van der Waals surface area contributed by atoms with Gasteiger partial charge in [-0.3, -0.25) is 4.79 Å². The average Bonchev–Trinajstić information content (AvgIpc) is 2.35. The van der Waals surface area contributed by atoms with Gasteiger partial charge >= 0.3 is 0 Å². The maximum atomic E-state index is 11.6. The van der Waals surface area contributed by atoms with Crippen LogP contribution >= 0.6 is 0 Å². The predicted octanol–water partition coefficient (Wildman–Crippen LogP) is 0.551. The third kappa shape index (κ3) is 3.31. The van der Waals surface area contributed by atoms with Gasteiger partial charge in [0, 0.05) is 12.6 Å². The molecule has 0 bridgehead atoms. The molecular weight excluding hydrogens is 226 g/mol. The molecule has 0 saturated carbocycles. The molecule has 1 aromatic rings. The molecule has 0 aliphatic carbocycles. The molecule has 2 rings (SSSR count). The fourth-order valence-corrected chi connectivity index (χ4v) is 2.33. The number of carbonyl (C=O) groups excluding carboxylic acids is 1. The Morgan fingerprint density at radius 3 is 3.00 bits per heavy atom. The van der Waals surface area contributed by atoms with Crippen molar-refractivity contribution in [2.24, 2.45) is 0 Å². The van der Waals surface area contributed by atoms with E-state index in [1.54, 1.807) is 0 Å². The minimum Gasteiger partial charge on any atom is -0.353 e. The molecule has 2 N–H and O–H groups in total. The first-order valence-electron chi connectivity index (χ1n) is 6.39. The summed E-state index contributed by atoms with van der Waals surface area (Å²) in [5, 5.41) is 6.44. The van der Waals surface area contributed by atoms with Crippen LogP contribution < -0.4 is 10.6 Å². The Kier molecular flexibility index (Phi) is 4.33. The SMILES string of the molecule is CN(C)CC(=O)NCC1NCCc2ccccc21. The Labute approximate surface area is 108 Å². The number of hydrogen-bond acceptors (Lipinski definition) is 3. The van der Waals surface area contributed by atoms with Gasteiger partial charge in [-0.15, -0.1) is 0 Å². The highest BCUT2D eigenvalue weighted by atomic mass is 16.2. The Bertz CT molecular complexity index is 417. The molecule has 4 nitrogen and oxygen atoms in total. The van der Waals surface area contributed by atoms with Gasteiger partial charge in [-0.25, -0.2) is 0 Å². The molecule has 98 valence electrons. The number of likely N-dealkylation sites (N-methyl/N-ethyl adjacent to an activating group) is 1. The summed E-state index contributed by atoms with van der Waals surface area (Å²) in [5.74, 6) is 0.0739. The molecule has 0 aromatic heterocycles. The van der Waals surface area contributed by atoms with E-state index < -0.39 is 0 Å². The summed E-state index contributed by atoms with van der Waals surface area (Å²) in [7, 11) is 3.79. The minimum atomic E-state index is 0.0739. The van der Waals surface area contributed by atoms with E-state index in [1.807, 2.05) is 19.0 Å². The van der Waals surface area contributed by atoms with Crippen LogP contribution in [-0.4, -0.2) is 44.5 Å². The molecule has 1 atom stereocenters. The maximum absolute atomic E-state index is 11.6. The highest BCUT2D eigenvalue weighted by Crippen LogP contribution is 2.21. The van der Waals surface area contributed by atoms with Crippen LogP contribution in [0, 0.1) is 0 Å². The Hall–Kier alpha value is -1.39. The third-order valence-corrected chi connectivity index (χ3v) is 3.18. The summed E-state index contributed by atoms with van der Waals surface area (Å²) in [4.78, 5) is 13.5. The first kappa shape index (κ1) is 13.1. The van der Waals surface area contributed by atoms with Crippen LogP contribution in [0.25, 0.3) is 0 Å². The number of benzene rings is 1. The van der Waals surface area contributed by atoms with Gasteiger partial charge in [0.1, 0.15) is 0 Å². The second-order valence-corrected chi connectivity index (χ2v) is 5.00. The van der Waals surface area contributed by atoms with Gasteiger partial charge in [0.2, 0.25) is 5.91 Å². The molecule has 0 radical (unpaired) electrons. The number of hydrogen-bond donors (Lipinski definition) is 2. The van der Waals surface area contributed by atoms with Gasteiger partial charge in [0.05, 0.1) is 6.54 Å². The second kappa shape index (κ2) is 5.98. The van der Waals surface area contributed by atoms with Crippen molar-refractivity contribution in [2.45, 2.75) is 12.5 Å². The number of fused-ring (bicyclic) bond motifs is 1. The van der Waals surface area contributed by atoms with E-state index in [2.05, 4.69) is 34.9 Å². The highest BCUT2D eigenvalue weighted by molar-refractivity contribution is 5.78. The summed E-state index contributed by atoms with van der Waals surface area (Å²) in [6, 6.07) is 8.68. The van der Waals surface area contributed by atoms with Gasteiger partial charge in [-0.05, 0) is 38.2 Å². The minimum absolute atomic E-state index is 0.0739. The third-order valence-electron chi connectivity index (χ3n) is 3.18. The van der Waals surface area contributed by atoms with E-state index in [9.17, 15) is 4.79 Å². The molecular formula is C14H21N3O. The van der Waals surface area contributed by atoms with Crippen molar-refractivity contribution >= 4 is 5.91 Å². The standard InChI is InChI=1S/C14H21N3O/c1-17(2)10-14(18)16-9-13-12-6-4-3-5-11(12)7-8-15-13/h3-6,13,15H,7-10H2,1-2H3,(H,16,18). The monoisotopic (exact) mass is 247 g/mol. The number of nitrogens with zero attached hydrogens (tertiary/aromatic N) is 1. The van der Waals surface area contributed by atoms with Gasteiger partial charge in [-0.2, -0.15) is 0 Å². The molecule has 0 fully saturated rings. The Morgan fingerprint density at radius 1 is 1.44 bits per heavy atom. The fraction of sp³-hybridized carbons (Fsp3) is 0.500. The zero-order chi connectivity index (χ0) is 13.0. The molecule has 1 amide bonds. The quantitative estimate of drug-likeness (QED) is 0.817. The smallest absolute Gasteiger partial charge is 0.234 e. The first-order valence-corrected chi connectivity index (χ1v) is 6.39. The zero-order valence-corrected chi connectivity index (χ0v) is 11.1. The Balaban J connectivity index is 1.93. The lowest BCUT2D eigenvalue weighted by atomic mass is 9.94. The largest absolute Gasteiger partial charge is 0.353 e. The highest BCUT2D eigenvalue weighted by Gasteiger charge is 2.19. The molecule has 1 aromatic carbocycles. The van der Waals surface area contributed by atoms with E-state index >= 15 is 0 Å². The maximum Gasteiger partial charge on any atom is 0.234 e. The van der Waals surface area contributed by atoms with Gasteiger partial charge < -0.3 is 15.5 Å². The molecule has 4 heteroatoms. The van der Waals surface area contributed by atoms with Gasteiger partial charge in [-0.1, -0.05) is 24.3 Å². The predicted molar refractivity (Wildman–Crippen MR) is 72.5 cm³/mol. The molecule has 1 aliphatic rings. The summed E-state index contributed by atoms with van der Waals surface area (Å²) in [6.07, 6.45) is 1.07. The van der Waals surface area contributed by atoms with Gasteiger partial charge in [0.15, 0.2) is 0 Å². The van der Waals surface area contributed by atoms with Crippen molar-refractivity contribution in [1.82, 2.24) is 15.5 Å². The van der Waals surface area contributed by atoms with Crippen molar-refractivity contribution < 1.29 is 4.79 Å². The normalized spacial score (nSPS) is 18.5. The van der Waals surface area contributed by atoms with Crippen LogP contribution in [0.4, 0.5) is 0 Å². The van der Waals surface area contributed by atoms with Crippen molar-refractivity contribution in [3.05, 3.63) is 35.4 Å². The topological polar surface area (TPSA) is 44.4 Å². The van der Waals surface area contributed by atoms with Crippen LogP contribution in [0.15, 0.2) is 24.3 Å². The fourth-order valence-electron chi connectivity index (χ4n) is 2.33. The molecule has 0 spiro atoms. The van der Waals surface area contributed by atoms with Crippen molar-refractivity contribution in [3.63, 3.8) is 0 Å². The summed E-state index contributed by atoms with van der Waals surface area (Å²) in [6.45, 7) is 2.07. The number of rotatable bonds is 4. The second-order valence-electron chi connectivity index (χ2n) is 5.00. The molecule has 1 unspecified atom stereocenters. The molecule has 1 heterocycles. The zero-order valence-electron chi connectivity index (χ0n) is 11.1. The number of amides is 1. The summed E-state index contributed by atoms with van der Waals surface area (Å²) in [5.41, 5.74) is 2.71. The van der Waals surface area contributed by atoms with E-state index in [0.717, 1.165) is 13.0 Å². The number of nitrogens with one attached hydrogen (secondary N) is 2. The average molecular weight is 247 g/mol. The lowest BCUT2D eigenvalue weighted by Gasteiger charge is -2.27. The van der Waals surface area contributed by atoms with E-state index in [1.165, 1.54) is 11.1 Å². The lowest BCUT2D eigenvalue weighted by Crippen LogP contribution is -2.41. The summed E-state index contributed by atoms with van der Waals surface area (Å²) < 4.78 is 0. The summed E-state index contributed by atoms with van der Waals surface area (Å²) >= 11 is 0. The van der Waals surface area contributed by atoms with Crippen LogP contribution in [0.5, 0.6) is 0 Å². The molecule has 0 saturated heterocycles. The van der Waals surface area contributed by atoms with Crippen molar-refractivity contribution in [3.8, 4) is 0 Å². The number of carbonyl (C=O) groups is 1. The van der Waals surface area contributed by atoms with E-state index in [-0.39, 0.29) is 11.9 Å². The van der Waals surface area contributed by atoms with Crippen molar-refractivity contribution in [2.75, 3.05) is 33.7 Å². The first-order chi connectivity index (χ1) is 8.66. The Morgan fingerprint density at radius 2 is 2.22 bits per heavy atom.